The molecule has 2 rings (SSSR count). The number of hydrogen-bond donors (Lipinski definition) is 1. The first kappa shape index (κ1) is 10.9. The molecule has 1 atom stereocenters. The van der Waals surface area contributed by atoms with E-state index in [4.69, 9.17) is 0 Å². The van der Waals surface area contributed by atoms with E-state index in [1.165, 1.54) is 5.56 Å². The first-order valence-electron chi connectivity index (χ1n) is 5.36. The number of nitrogens with one attached hydrogen (secondary N) is 1. The van der Waals surface area contributed by atoms with E-state index < -0.39 is 0 Å². The van der Waals surface area contributed by atoms with E-state index in [0.29, 0.717) is 6.04 Å². The molecule has 5 heteroatoms. The molecule has 1 N–H and O–H groups in total. The fourth-order valence-corrected chi connectivity index (χ4v) is 1.60. The van der Waals surface area contributed by atoms with Crippen LogP contribution >= 0.6 is 0 Å². The molecule has 0 saturated heterocycles. The first-order valence-corrected chi connectivity index (χ1v) is 5.36. The van der Waals surface area contributed by atoms with Gasteiger partial charge in [0.1, 0.15) is 0 Å². The zero-order valence-electron chi connectivity index (χ0n) is 9.88. The van der Waals surface area contributed by atoms with Crippen LogP contribution in [-0.4, -0.2) is 26.6 Å². The minimum atomic E-state index is 0.336. The van der Waals surface area contributed by atoms with Crippen molar-refractivity contribution in [1.82, 2.24) is 24.9 Å². The summed E-state index contributed by atoms with van der Waals surface area (Å²) < 4.78 is 3.73. The Kier molecular flexibility index (Phi) is 3.05. The lowest BCUT2D eigenvalue weighted by Gasteiger charge is -2.05. The highest BCUT2D eigenvalue weighted by Crippen LogP contribution is 2.10. The Hall–Kier alpha value is -1.62. The molecule has 5 nitrogen and oxygen atoms in total. The molecule has 2 aromatic heterocycles. The quantitative estimate of drug-likeness (QED) is 0.832. The third kappa shape index (κ3) is 2.30. The average molecular weight is 219 g/mol. The van der Waals surface area contributed by atoms with Gasteiger partial charge in [0.25, 0.3) is 0 Å². The SMILES string of the molecule is CNC(C)c1cnn(Cc2cnn(C)c2)c1. The number of aromatic nitrogens is 4. The molecular weight excluding hydrogens is 202 g/mol. The summed E-state index contributed by atoms with van der Waals surface area (Å²) in [7, 11) is 3.87. The predicted octanol–water partition coefficient (Wildman–Crippen LogP) is 0.945. The van der Waals surface area contributed by atoms with Crippen molar-refractivity contribution in [3.63, 3.8) is 0 Å². The van der Waals surface area contributed by atoms with Crippen LogP contribution in [0.15, 0.2) is 24.8 Å². The van der Waals surface area contributed by atoms with E-state index in [2.05, 4.69) is 28.6 Å². The highest BCUT2D eigenvalue weighted by atomic mass is 15.3. The largest absolute Gasteiger partial charge is 0.313 e. The van der Waals surface area contributed by atoms with Crippen molar-refractivity contribution >= 4 is 0 Å². The number of nitrogens with zero attached hydrogens (tertiary/aromatic N) is 4. The first-order chi connectivity index (χ1) is 7.69. The lowest BCUT2D eigenvalue weighted by Crippen LogP contribution is -2.11. The molecule has 1 unspecified atom stereocenters. The van der Waals surface area contributed by atoms with Gasteiger partial charge < -0.3 is 5.32 Å². The van der Waals surface area contributed by atoms with Gasteiger partial charge in [-0.3, -0.25) is 9.36 Å². The van der Waals surface area contributed by atoms with E-state index in [-0.39, 0.29) is 0 Å². The van der Waals surface area contributed by atoms with E-state index in [1.54, 1.807) is 4.68 Å². The summed E-state index contributed by atoms with van der Waals surface area (Å²) in [6, 6.07) is 0.336. The van der Waals surface area contributed by atoms with Gasteiger partial charge in [0.05, 0.1) is 18.9 Å². The minimum absolute atomic E-state index is 0.336. The van der Waals surface area contributed by atoms with Gasteiger partial charge in [-0.25, -0.2) is 0 Å². The fraction of sp³-hybridized carbons (Fsp3) is 0.455. The predicted molar refractivity (Wildman–Crippen MR) is 62.0 cm³/mol. The Morgan fingerprint density at radius 1 is 1.31 bits per heavy atom. The van der Waals surface area contributed by atoms with Crippen LogP contribution in [-0.2, 0) is 13.6 Å². The van der Waals surface area contributed by atoms with Crippen molar-refractivity contribution in [3.05, 3.63) is 35.9 Å². The van der Waals surface area contributed by atoms with E-state index in [0.717, 1.165) is 12.1 Å². The molecule has 0 spiro atoms. The summed E-state index contributed by atoms with van der Waals surface area (Å²) >= 11 is 0. The molecule has 2 aromatic rings. The third-order valence-electron chi connectivity index (χ3n) is 2.69. The topological polar surface area (TPSA) is 47.7 Å². The van der Waals surface area contributed by atoms with Gasteiger partial charge >= 0.3 is 0 Å². The van der Waals surface area contributed by atoms with Crippen LogP contribution in [0.2, 0.25) is 0 Å². The fourth-order valence-electron chi connectivity index (χ4n) is 1.60. The van der Waals surface area contributed by atoms with Crippen molar-refractivity contribution in [2.45, 2.75) is 19.5 Å². The van der Waals surface area contributed by atoms with Crippen molar-refractivity contribution < 1.29 is 0 Å². The summed E-state index contributed by atoms with van der Waals surface area (Å²) in [6.07, 6.45) is 7.83. The second-order valence-electron chi connectivity index (χ2n) is 4.00. The van der Waals surface area contributed by atoms with Gasteiger partial charge in [-0.05, 0) is 14.0 Å². The summed E-state index contributed by atoms with van der Waals surface area (Å²) in [4.78, 5) is 0. The summed E-state index contributed by atoms with van der Waals surface area (Å²) in [5.74, 6) is 0. The van der Waals surface area contributed by atoms with Crippen molar-refractivity contribution in [2.75, 3.05) is 7.05 Å². The molecule has 86 valence electrons. The molecule has 0 aliphatic heterocycles. The van der Waals surface area contributed by atoms with Crippen LogP contribution < -0.4 is 5.32 Å². The summed E-state index contributed by atoms with van der Waals surface area (Å²) in [6.45, 7) is 2.88. The van der Waals surface area contributed by atoms with Gasteiger partial charge in [0.2, 0.25) is 0 Å². The van der Waals surface area contributed by atoms with Crippen LogP contribution in [0.3, 0.4) is 0 Å². The molecule has 0 radical (unpaired) electrons. The third-order valence-corrected chi connectivity index (χ3v) is 2.69. The lowest BCUT2D eigenvalue weighted by atomic mass is 10.2. The normalized spacial score (nSPS) is 12.9. The van der Waals surface area contributed by atoms with E-state index in [9.17, 15) is 0 Å². The van der Waals surface area contributed by atoms with Gasteiger partial charge in [0, 0.05) is 36.6 Å². The van der Waals surface area contributed by atoms with Crippen LogP contribution in [0.5, 0.6) is 0 Å². The Morgan fingerprint density at radius 2 is 2.12 bits per heavy atom. The zero-order chi connectivity index (χ0) is 11.5. The van der Waals surface area contributed by atoms with Crippen molar-refractivity contribution in [1.29, 1.82) is 0 Å². The Bertz CT molecular complexity index is 456. The second kappa shape index (κ2) is 4.49. The summed E-state index contributed by atoms with van der Waals surface area (Å²) in [5, 5.41) is 11.7. The minimum Gasteiger partial charge on any atom is -0.313 e. The monoisotopic (exact) mass is 219 g/mol. The molecule has 0 amide bonds. The number of hydrogen-bond acceptors (Lipinski definition) is 3. The maximum atomic E-state index is 4.33. The Balaban J connectivity index is 2.08. The van der Waals surface area contributed by atoms with E-state index >= 15 is 0 Å². The van der Waals surface area contributed by atoms with Gasteiger partial charge in [-0.15, -0.1) is 0 Å². The molecule has 0 saturated carbocycles. The van der Waals surface area contributed by atoms with Crippen LogP contribution in [0.4, 0.5) is 0 Å². The van der Waals surface area contributed by atoms with E-state index in [1.807, 2.05) is 37.4 Å². The zero-order valence-corrected chi connectivity index (χ0v) is 9.88. The molecule has 0 fully saturated rings. The van der Waals surface area contributed by atoms with Gasteiger partial charge in [0.15, 0.2) is 0 Å². The Morgan fingerprint density at radius 3 is 2.75 bits per heavy atom. The smallest absolute Gasteiger partial charge is 0.0690 e. The highest BCUT2D eigenvalue weighted by Gasteiger charge is 2.06. The number of rotatable bonds is 4. The molecule has 0 aliphatic carbocycles. The van der Waals surface area contributed by atoms with Crippen molar-refractivity contribution in [3.8, 4) is 0 Å². The lowest BCUT2D eigenvalue weighted by molar-refractivity contribution is 0.646. The number of aryl methyl sites for hydroxylation is 1. The Labute approximate surface area is 95.1 Å². The summed E-state index contributed by atoms with van der Waals surface area (Å²) in [5.41, 5.74) is 2.36. The standard InChI is InChI=1S/C11H17N5/c1-9(12-2)11-5-14-16(8-11)7-10-4-13-15(3)6-10/h4-6,8-9,12H,7H2,1-3H3. The molecule has 0 aliphatic rings. The van der Waals surface area contributed by atoms with Crippen molar-refractivity contribution in [2.24, 2.45) is 7.05 Å². The maximum Gasteiger partial charge on any atom is 0.0690 e. The average Bonchev–Trinajstić information content (AvgIpc) is 2.87. The highest BCUT2D eigenvalue weighted by molar-refractivity contribution is 5.11. The maximum absolute atomic E-state index is 4.33. The molecule has 16 heavy (non-hydrogen) atoms. The molecule has 0 aromatic carbocycles. The second-order valence-corrected chi connectivity index (χ2v) is 4.00. The van der Waals surface area contributed by atoms with Crippen LogP contribution in [0.1, 0.15) is 24.1 Å². The molecular formula is C11H17N5. The van der Waals surface area contributed by atoms with Crippen LogP contribution in [0.25, 0.3) is 0 Å². The molecule has 0 bridgehead atoms. The van der Waals surface area contributed by atoms with Gasteiger partial charge in [-0.1, -0.05) is 0 Å². The van der Waals surface area contributed by atoms with Crippen LogP contribution in [0, 0.1) is 0 Å². The van der Waals surface area contributed by atoms with Gasteiger partial charge in [-0.2, -0.15) is 10.2 Å². The molecule has 2 heterocycles.